The molecular weight excluding hydrogens is 248 g/mol. The third kappa shape index (κ3) is 4.11. The molecule has 2 aliphatic rings. The quantitative estimate of drug-likeness (QED) is 0.620. The maximum absolute atomic E-state index is 11.8. The molecule has 106 valence electrons. The van der Waals surface area contributed by atoms with Crippen molar-refractivity contribution < 1.29 is 14.4 Å². The van der Waals surface area contributed by atoms with Crippen molar-refractivity contribution in [3.63, 3.8) is 0 Å². The van der Waals surface area contributed by atoms with Gasteiger partial charge >= 0.3 is 6.03 Å². The number of urea groups is 1. The normalized spacial score (nSPS) is 19.9. The molecule has 2 fully saturated rings. The highest BCUT2D eigenvalue weighted by atomic mass is 16.2. The van der Waals surface area contributed by atoms with Gasteiger partial charge in [-0.15, -0.1) is 0 Å². The van der Waals surface area contributed by atoms with Crippen molar-refractivity contribution in [2.24, 2.45) is 11.7 Å². The predicted molar refractivity (Wildman–Crippen MR) is 68.1 cm³/mol. The van der Waals surface area contributed by atoms with Gasteiger partial charge in [-0.25, -0.2) is 4.79 Å². The molecule has 0 spiro atoms. The summed E-state index contributed by atoms with van der Waals surface area (Å²) in [5.41, 5.74) is 4.97. The molecule has 4 amide bonds. The first-order chi connectivity index (χ1) is 9.06. The van der Waals surface area contributed by atoms with Gasteiger partial charge in [-0.2, -0.15) is 0 Å². The Bertz CT molecular complexity index is 373. The molecule has 7 heteroatoms. The molecular formula is C12H20N4O3. The molecule has 0 bridgehead atoms. The summed E-state index contributed by atoms with van der Waals surface area (Å²) in [4.78, 5) is 35.9. The van der Waals surface area contributed by atoms with Crippen LogP contribution in [-0.4, -0.2) is 48.4 Å². The number of likely N-dealkylation sites (tertiary alicyclic amines) is 1. The summed E-state index contributed by atoms with van der Waals surface area (Å²) in [6.07, 6.45) is 3.39. The van der Waals surface area contributed by atoms with E-state index in [0.717, 1.165) is 12.8 Å². The van der Waals surface area contributed by atoms with Crippen molar-refractivity contribution in [1.29, 1.82) is 0 Å². The van der Waals surface area contributed by atoms with Crippen LogP contribution in [0.3, 0.4) is 0 Å². The average molecular weight is 268 g/mol. The Morgan fingerprint density at radius 3 is 2.26 bits per heavy atom. The van der Waals surface area contributed by atoms with E-state index in [1.54, 1.807) is 4.90 Å². The van der Waals surface area contributed by atoms with Crippen LogP contribution in [0.25, 0.3) is 0 Å². The highest BCUT2D eigenvalue weighted by Crippen LogP contribution is 2.21. The van der Waals surface area contributed by atoms with Gasteiger partial charge in [-0.3, -0.25) is 9.59 Å². The first kappa shape index (κ1) is 13.6. The molecule has 0 aromatic heterocycles. The van der Waals surface area contributed by atoms with Gasteiger partial charge < -0.3 is 21.3 Å². The molecule has 1 saturated carbocycles. The first-order valence-electron chi connectivity index (χ1n) is 6.67. The first-order valence-corrected chi connectivity index (χ1v) is 6.67. The van der Waals surface area contributed by atoms with Crippen LogP contribution in [0.2, 0.25) is 0 Å². The van der Waals surface area contributed by atoms with Crippen molar-refractivity contribution in [2.75, 3.05) is 19.6 Å². The van der Waals surface area contributed by atoms with Crippen molar-refractivity contribution in [1.82, 2.24) is 15.5 Å². The summed E-state index contributed by atoms with van der Waals surface area (Å²) in [5, 5.41) is 5.44. The lowest BCUT2D eigenvalue weighted by atomic mass is 9.96. The van der Waals surface area contributed by atoms with E-state index in [2.05, 4.69) is 10.6 Å². The predicted octanol–water partition coefficient (Wildman–Crippen LogP) is -0.828. The van der Waals surface area contributed by atoms with Crippen LogP contribution in [0, 0.1) is 5.92 Å². The number of nitrogens with two attached hydrogens (primary N) is 1. The summed E-state index contributed by atoms with van der Waals surface area (Å²) in [6, 6.07) is 0.322. The number of rotatable bonds is 4. The van der Waals surface area contributed by atoms with Crippen LogP contribution >= 0.6 is 0 Å². The van der Waals surface area contributed by atoms with Crippen LogP contribution in [0.4, 0.5) is 4.79 Å². The van der Waals surface area contributed by atoms with E-state index in [0.29, 0.717) is 32.0 Å². The van der Waals surface area contributed by atoms with Gasteiger partial charge in [0.05, 0.1) is 6.54 Å². The Kier molecular flexibility index (Phi) is 4.24. The van der Waals surface area contributed by atoms with E-state index < -0.39 is 5.91 Å². The molecule has 2 rings (SSSR count). The number of carbonyl (C=O) groups excluding carboxylic acids is 3. The third-order valence-electron chi connectivity index (χ3n) is 3.49. The highest BCUT2D eigenvalue weighted by molar-refractivity contribution is 5.85. The molecule has 0 atom stereocenters. The second-order valence-electron chi connectivity index (χ2n) is 5.17. The maximum Gasteiger partial charge on any atom is 0.317 e. The van der Waals surface area contributed by atoms with Crippen LogP contribution in [0.15, 0.2) is 0 Å². The summed E-state index contributed by atoms with van der Waals surface area (Å²) in [5.74, 6) is -0.833. The van der Waals surface area contributed by atoms with E-state index >= 15 is 0 Å². The monoisotopic (exact) mass is 268 g/mol. The third-order valence-corrected chi connectivity index (χ3v) is 3.49. The van der Waals surface area contributed by atoms with Crippen LogP contribution in [0.1, 0.15) is 25.7 Å². The molecule has 1 aliphatic carbocycles. The number of nitrogens with zero attached hydrogens (tertiary/aromatic N) is 1. The summed E-state index contributed by atoms with van der Waals surface area (Å²) < 4.78 is 0. The number of carbonyl (C=O) groups is 3. The van der Waals surface area contributed by atoms with E-state index in [4.69, 9.17) is 5.73 Å². The number of hydrogen-bond acceptors (Lipinski definition) is 3. The van der Waals surface area contributed by atoms with Crippen molar-refractivity contribution in [2.45, 2.75) is 31.7 Å². The van der Waals surface area contributed by atoms with Gasteiger partial charge in [0.2, 0.25) is 11.8 Å². The average Bonchev–Trinajstić information content (AvgIpc) is 3.20. The molecule has 0 aromatic carbocycles. The van der Waals surface area contributed by atoms with E-state index in [-0.39, 0.29) is 24.4 Å². The Morgan fingerprint density at radius 1 is 1.11 bits per heavy atom. The Hall–Kier alpha value is -1.79. The minimum absolute atomic E-state index is 0.0292. The molecule has 0 aromatic rings. The topological polar surface area (TPSA) is 105 Å². The zero-order valence-corrected chi connectivity index (χ0v) is 10.9. The fourth-order valence-corrected chi connectivity index (χ4v) is 2.16. The van der Waals surface area contributed by atoms with E-state index in [1.165, 1.54) is 0 Å². The fourth-order valence-electron chi connectivity index (χ4n) is 2.16. The number of amides is 4. The summed E-state index contributed by atoms with van der Waals surface area (Å²) in [7, 11) is 0. The SMILES string of the molecule is NC(=O)CNC(=O)C1CCN(C(=O)NC2CC2)CC1. The maximum atomic E-state index is 11.8. The minimum atomic E-state index is -0.547. The molecule has 1 aliphatic heterocycles. The largest absolute Gasteiger partial charge is 0.368 e. The minimum Gasteiger partial charge on any atom is -0.368 e. The van der Waals surface area contributed by atoms with Gasteiger partial charge in [0.25, 0.3) is 0 Å². The molecule has 1 saturated heterocycles. The smallest absolute Gasteiger partial charge is 0.317 e. The fraction of sp³-hybridized carbons (Fsp3) is 0.750. The molecule has 19 heavy (non-hydrogen) atoms. The standard InChI is InChI=1S/C12H20N4O3/c13-10(17)7-14-11(18)8-3-5-16(6-4-8)12(19)15-9-1-2-9/h8-9H,1-7H2,(H2,13,17)(H,14,18)(H,15,19). The molecule has 7 nitrogen and oxygen atoms in total. The number of primary amides is 1. The molecule has 1 heterocycles. The van der Waals surface area contributed by atoms with Crippen LogP contribution < -0.4 is 16.4 Å². The van der Waals surface area contributed by atoms with Gasteiger partial charge in [0, 0.05) is 25.0 Å². The van der Waals surface area contributed by atoms with Crippen LogP contribution in [0.5, 0.6) is 0 Å². The van der Waals surface area contributed by atoms with Crippen molar-refractivity contribution in [3.8, 4) is 0 Å². The molecule has 4 N–H and O–H groups in total. The lowest BCUT2D eigenvalue weighted by Crippen LogP contribution is -2.48. The second-order valence-corrected chi connectivity index (χ2v) is 5.17. The number of hydrogen-bond donors (Lipinski definition) is 3. The van der Waals surface area contributed by atoms with Crippen molar-refractivity contribution in [3.05, 3.63) is 0 Å². The Labute approximate surface area is 111 Å². The Balaban J connectivity index is 1.70. The number of nitrogens with one attached hydrogen (secondary N) is 2. The van der Waals surface area contributed by atoms with Gasteiger partial charge in [0.15, 0.2) is 0 Å². The summed E-state index contributed by atoms with van der Waals surface area (Å²) in [6.45, 7) is 1.03. The van der Waals surface area contributed by atoms with E-state index in [1.807, 2.05) is 0 Å². The van der Waals surface area contributed by atoms with Crippen molar-refractivity contribution >= 4 is 17.8 Å². The zero-order valence-electron chi connectivity index (χ0n) is 10.9. The van der Waals surface area contributed by atoms with Gasteiger partial charge in [-0.1, -0.05) is 0 Å². The highest BCUT2D eigenvalue weighted by Gasteiger charge is 2.30. The number of piperidine rings is 1. The zero-order chi connectivity index (χ0) is 13.8. The summed E-state index contributed by atoms with van der Waals surface area (Å²) >= 11 is 0. The van der Waals surface area contributed by atoms with Crippen LogP contribution in [-0.2, 0) is 9.59 Å². The van der Waals surface area contributed by atoms with Gasteiger partial charge in [0.1, 0.15) is 0 Å². The van der Waals surface area contributed by atoms with E-state index in [9.17, 15) is 14.4 Å². The second kappa shape index (κ2) is 5.90. The Morgan fingerprint density at radius 2 is 1.74 bits per heavy atom. The lowest BCUT2D eigenvalue weighted by Gasteiger charge is -2.31. The lowest BCUT2D eigenvalue weighted by molar-refractivity contribution is -0.128. The molecule has 0 unspecified atom stereocenters. The van der Waals surface area contributed by atoms with Gasteiger partial charge in [-0.05, 0) is 25.7 Å². The molecule has 0 radical (unpaired) electrons.